The quantitative estimate of drug-likeness (QED) is 0.786. The van der Waals surface area contributed by atoms with E-state index in [2.05, 4.69) is 6.07 Å². The lowest BCUT2D eigenvalue weighted by molar-refractivity contribution is -0.0182. The Bertz CT molecular complexity index is 1080. The van der Waals surface area contributed by atoms with E-state index in [1.807, 2.05) is 45.0 Å². The van der Waals surface area contributed by atoms with Crippen molar-refractivity contribution in [1.29, 1.82) is 5.26 Å². The summed E-state index contributed by atoms with van der Waals surface area (Å²) in [5.74, 6) is -0.156. The van der Waals surface area contributed by atoms with Gasteiger partial charge in [-0.05, 0) is 32.9 Å². The molecule has 1 heterocycles. The first-order chi connectivity index (χ1) is 12.2. The second kappa shape index (κ2) is 6.36. The van der Waals surface area contributed by atoms with Crippen LogP contribution in [0.25, 0.3) is 16.5 Å². The summed E-state index contributed by atoms with van der Waals surface area (Å²) in [7, 11) is 1.60. The fourth-order valence-corrected chi connectivity index (χ4v) is 2.87. The molecular formula is C20H21N3O3. The number of ether oxygens (including phenoxy) is 1. The summed E-state index contributed by atoms with van der Waals surface area (Å²) in [4.78, 5) is 12.8. The topological polar surface area (TPSA) is 80.2 Å². The highest BCUT2D eigenvalue weighted by atomic mass is 16.5. The highest BCUT2D eigenvalue weighted by Gasteiger charge is 2.22. The predicted octanol–water partition coefficient (Wildman–Crippen LogP) is 3.22. The van der Waals surface area contributed by atoms with E-state index >= 15 is 0 Å². The van der Waals surface area contributed by atoms with E-state index in [0.717, 1.165) is 10.8 Å². The van der Waals surface area contributed by atoms with Crippen LogP contribution in [0.15, 0.2) is 41.2 Å². The first kappa shape index (κ1) is 17.8. The number of aromatic hydroxyl groups is 1. The zero-order valence-electron chi connectivity index (χ0n) is 15.3. The monoisotopic (exact) mass is 351 g/mol. The molecule has 1 aromatic heterocycles. The lowest BCUT2D eigenvalue weighted by Gasteiger charge is -2.19. The Kier molecular flexibility index (Phi) is 4.34. The van der Waals surface area contributed by atoms with Gasteiger partial charge in [-0.3, -0.25) is 4.57 Å². The molecule has 6 heteroatoms. The van der Waals surface area contributed by atoms with Crippen LogP contribution in [-0.4, -0.2) is 19.8 Å². The van der Waals surface area contributed by atoms with Crippen molar-refractivity contribution < 1.29 is 9.84 Å². The highest BCUT2D eigenvalue weighted by molar-refractivity contribution is 5.94. The lowest BCUT2D eigenvalue weighted by Crippen LogP contribution is -2.23. The normalized spacial score (nSPS) is 11.7. The number of aromatic nitrogens is 2. The summed E-state index contributed by atoms with van der Waals surface area (Å²) in [5, 5.41) is 21.5. The van der Waals surface area contributed by atoms with Gasteiger partial charge in [0.05, 0.1) is 29.5 Å². The van der Waals surface area contributed by atoms with Crippen LogP contribution in [0.4, 0.5) is 0 Å². The maximum atomic E-state index is 12.8. The number of benzene rings is 2. The molecular weight excluding hydrogens is 330 g/mol. The van der Waals surface area contributed by atoms with Gasteiger partial charge in [-0.15, -0.1) is 0 Å². The smallest absolute Gasteiger partial charge is 0.335 e. The van der Waals surface area contributed by atoms with Gasteiger partial charge in [0.25, 0.3) is 0 Å². The van der Waals surface area contributed by atoms with E-state index in [1.54, 1.807) is 19.2 Å². The molecule has 1 N–H and O–H groups in total. The van der Waals surface area contributed by atoms with Gasteiger partial charge in [-0.25, -0.2) is 9.36 Å². The fraction of sp³-hybridized carbons (Fsp3) is 0.300. The van der Waals surface area contributed by atoms with E-state index in [1.165, 1.54) is 9.13 Å². The minimum atomic E-state index is -0.397. The van der Waals surface area contributed by atoms with Crippen molar-refractivity contribution in [2.24, 2.45) is 7.05 Å². The molecule has 0 unspecified atom stereocenters. The number of imidazole rings is 1. The van der Waals surface area contributed by atoms with Crippen molar-refractivity contribution >= 4 is 10.8 Å². The molecule has 3 aromatic rings. The van der Waals surface area contributed by atoms with E-state index in [4.69, 9.17) is 4.74 Å². The highest BCUT2D eigenvalue weighted by Crippen LogP contribution is 2.29. The van der Waals surface area contributed by atoms with Gasteiger partial charge in [0.2, 0.25) is 5.88 Å². The van der Waals surface area contributed by atoms with Crippen molar-refractivity contribution in [3.05, 3.63) is 58.1 Å². The van der Waals surface area contributed by atoms with Gasteiger partial charge in [-0.1, -0.05) is 24.3 Å². The van der Waals surface area contributed by atoms with Crippen LogP contribution < -0.4 is 5.69 Å². The molecule has 0 fully saturated rings. The number of hydrogen-bond donors (Lipinski definition) is 1. The summed E-state index contributed by atoms with van der Waals surface area (Å²) >= 11 is 0. The summed E-state index contributed by atoms with van der Waals surface area (Å²) in [5.41, 5.74) is 0.679. The average molecular weight is 351 g/mol. The summed E-state index contributed by atoms with van der Waals surface area (Å²) in [6.07, 6.45) is 0. The van der Waals surface area contributed by atoms with Crippen LogP contribution >= 0.6 is 0 Å². The van der Waals surface area contributed by atoms with Crippen LogP contribution in [0.5, 0.6) is 5.88 Å². The predicted molar refractivity (Wildman–Crippen MR) is 99.4 cm³/mol. The zero-order chi connectivity index (χ0) is 19.1. The standard InChI is InChI=1S/C20H21N3O3/c1-20(2,3)26-12-17-18(24)23(19(25)22(17)4)16-10-9-13(11-21)14-7-5-6-8-15(14)16/h5-10,24H,12H2,1-4H3. The Morgan fingerprint density at radius 2 is 1.81 bits per heavy atom. The first-order valence-corrected chi connectivity index (χ1v) is 8.30. The zero-order valence-corrected chi connectivity index (χ0v) is 15.3. The molecule has 134 valence electrons. The molecule has 0 amide bonds. The molecule has 0 aliphatic heterocycles. The van der Waals surface area contributed by atoms with Crippen molar-refractivity contribution in [2.75, 3.05) is 0 Å². The second-order valence-electron chi connectivity index (χ2n) is 7.14. The fourth-order valence-electron chi connectivity index (χ4n) is 2.87. The number of hydrogen-bond acceptors (Lipinski definition) is 4. The Hall–Kier alpha value is -3.04. The maximum Gasteiger partial charge on any atom is 0.335 e. The van der Waals surface area contributed by atoms with Crippen LogP contribution in [0.2, 0.25) is 0 Å². The van der Waals surface area contributed by atoms with E-state index in [-0.39, 0.29) is 18.2 Å². The van der Waals surface area contributed by atoms with Crippen molar-refractivity contribution in [2.45, 2.75) is 33.0 Å². The molecule has 0 aliphatic rings. The number of nitriles is 1. The molecule has 0 atom stereocenters. The van der Waals surface area contributed by atoms with Gasteiger partial charge in [0.1, 0.15) is 5.69 Å². The molecule has 2 aromatic carbocycles. The molecule has 6 nitrogen and oxygen atoms in total. The van der Waals surface area contributed by atoms with Gasteiger partial charge < -0.3 is 9.84 Å². The number of rotatable bonds is 3. The van der Waals surface area contributed by atoms with Crippen LogP contribution in [0, 0.1) is 11.3 Å². The van der Waals surface area contributed by atoms with E-state index in [0.29, 0.717) is 16.9 Å². The molecule has 0 aliphatic carbocycles. The number of nitrogens with zero attached hydrogens (tertiary/aromatic N) is 3. The Morgan fingerprint density at radius 1 is 1.15 bits per heavy atom. The lowest BCUT2D eigenvalue weighted by atomic mass is 10.0. The van der Waals surface area contributed by atoms with Gasteiger partial charge in [-0.2, -0.15) is 5.26 Å². The van der Waals surface area contributed by atoms with Gasteiger partial charge >= 0.3 is 5.69 Å². The molecule has 0 saturated heterocycles. The first-order valence-electron chi connectivity index (χ1n) is 8.30. The third-order valence-corrected chi connectivity index (χ3v) is 4.26. The Balaban J connectivity index is 2.22. The van der Waals surface area contributed by atoms with Crippen molar-refractivity contribution in [1.82, 2.24) is 9.13 Å². The van der Waals surface area contributed by atoms with E-state index < -0.39 is 5.60 Å². The number of fused-ring (bicyclic) bond motifs is 1. The molecule has 3 rings (SSSR count). The molecule has 0 saturated carbocycles. The summed E-state index contributed by atoms with van der Waals surface area (Å²) < 4.78 is 8.37. The second-order valence-corrected chi connectivity index (χ2v) is 7.14. The molecule has 0 radical (unpaired) electrons. The largest absolute Gasteiger partial charge is 0.493 e. The Morgan fingerprint density at radius 3 is 2.42 bits per heavy atom. The Labute approximate surface area is 151 Å². The van der Waals surface area contributed by atoms with Crippen LogP contribution in [0.1, 0.15) is 32.0 Å². The summed E-state index contributed by atoms with van der Waals surface area (Å²) in [6, 6.07) is 12.8. The minimum absolute atomic E-state index is 0.113. The average Bonchev–Trinajstić information content (AvgIpc) is 2.81. The maximum absolute atomic E-state index is 12.8. The third kappa shape index (κ3) is 2.98. The van der Waals surface area contributed by atoms with Crippen LogP contribution in [-0.2, 0) is 18.4 Å². The minimum Gasteiger partial charge on any atom is -0.493 e. The van der Waals surface area contributed by atoms with Crippen molar-refractivity contribution in [3.63, 3.8) is 0 Å². The van der Waals surface area contributed by atoms with E-state index in [9.17, 15) is 15.2 Å². The molecule has 26 heavy (non-hydrogen) atoms. The molecule has 0 bridgehead atoms. The van der Waals surface area contributed by atoms with Gasteiger partial charge in [0.15, 0.2) is 0 Å². The molecule has 0 spiro atoms. The summed E-state index contributed by atoms with van der Waals surface area (Å²) in [6.45, 7) is 5.84. The third-order valence-electron chi connectivity index (χ3n) is 4.26. The van der Waals surface area contributed by atoms with Gasteiger partial charge in [0, 0.05) is 17.8 Å². The van der Waals surface area contributed by atoms with Crippen LogP contribution in [0.3, 0.4) is 0 Å². The van der Waals surface area contributed by atoms with Crippen molar-refractivity contribution in [3.8, 4) is 17.6 Å². The SMILES string of the molecule is Cn1c(COC(C)(C)C)c(O)n(-c2ccc(C#N)c3ccccc23)c1=O.